The van der Waals surface area contributed by atoms with Gasteiger partial charge in [-0.05, 0) is 33.6 Å². The van der Waals surface area contributed by atoms with Crippen molar-refractivity contribution in [1.29, 1.82) is 0 Å². The van der Waals surface area contributed by atoms with Crippen LogP contribution in [0.2, 0.25) is 0 Å². The SMILES string of the molecule is C=CCN(CCO)CCCN(C)C. The van der Waals surface area contributed by atoms with Crippen LogP contribution in [0.25, 0.3) is 0 Å². The van der Waals surface area contributed by atoms with E-state index in [1.807, 2.05) is 6.08 Å². The molecule has 0 aromatic carbocycles. The smallest absolute Gasteiger partial charge is 0.0558 e. The van der Waals surface area contributed by atoms with Gasteiger partial charge in [0, 0.05) is 13.1 Å². The van der Waals surface area contributed by atoms with Gasteiger partial charge in [0.05, 0.1) is 6.61 Å². The van der Waals surface area contributed by atoms with Gasteiger partial charge in [0.25, 0.3) is 0 Å². The predicted octanol–water partition coefficient (Wildman–Crippen LogP) is 0.418. The summed E-state index contributed by atoms with van der Waals surface area (Å²) in [5.41, 5.74) is 0. The third kappa shape index (κ3) is 7.96. The molecule has 0 heterocycles. The summed E-state index contributed by atoms with van der Waals surface area (Å²) < 4.78 is 0. The molecule has 0 amide bonds. The average molecular weight is 186 g/mol. The molecule has 0 unspecified atom stereocenters. The van der Waals surface area contributed by atoms with E-state index in [4.69, 9.17) is 5.11 Å². The van der Waals surface area contributed by atoms with Crippen LogP contribution in [0.4, 0.5) is 0 Å². The quantitative estimate of drug-likeness (QED) is 0.557. The van der Waals surface area contributed by atoms with E-state index < -0.39 is 0 Å². The fraction of sp³-hybridized carbons (Fsp3) is 0.800. The topological polar surface area (TPSA) is 26.7 Å². The number of aliphatic hydroxyl groups excluding tert-OH is 1. The molecular formula is C10H22N2O. The van der Waals surface area contributed by atoms with E-state index in [1.165, 1.54) is 0 Å². The molecule has 0 atom stereocenters. The average Bonchev–Trinajstić information content (AvgIpc) is 2.04. The molecule has 0 radical (unpaired) electrons. The van der Waals surface area contributed by atoms with E-state index in [-0.39, 0.29) is 6.61 Å². The lowest BCUT2D eigenvalue weighted by atomic mass is 10.3. The summed E-state index contributed by atoms with van der Waals surface area (Å²) in [5, 5.41) is 8.79. The fourth-order valence-corrected chi connectivity index (χ4v) is 1.23. The molecular weight excluding hydrogens is 164 g/mol. The Morgan fingerprint density at radius 3 is 2.38 bits per heavy atom. The second-order valence-electron chi connectivity index (χ2n) is 3.47. The van der Waals surface area contributed by atoms with Crippen molar-refractivity contribution in [1.82, 2.24) is 9.80 Å². The first-order valence-corrected chi connectivity index (χ1v) is 4.79. The Morgan fingerprint density at radius 2 is 1.92 bits per heavy atom. The summed E-state index contributed by atoms with van der Waals surface area (Å²) in [7, 11) is 4.15. The van der Waals surface area contributed by atoms with Crippen molar-refractivity contribution in [3.05, 3.63) is 12.7 Å². The van der Waals surface area contributed by atoms with Gasteiger partial charge in [-0.2, -0.15) is 0 Å². The minimum atomic E-state index is 0.232. The number of hydrogen-bond acceptors (Lipinski definition) is 3. The first-order chi connectivity index (χ1) is 6.20. The first kappa shape index (κ1) is 12.6. The van der Waals surface area contributed by atoms with E-state index in [9.17, 15) is 0 Å². The Labute approximate surface area is 81.6 Å². The molecule has 13 heavy (non-hydrogen) atoms. The molecule has 0 aromatic rings. The van der Waals surface area contributed by atoms with Crippen LogP contribution in [0, 0.1) is 0 Å². The largest absolute Gasteiger partial charge is 0.395 e. The molecule has 3 nitrogen and oxygen atoms in total. The van der Waals surface area contributed by atoms with Crippen molar-refractivity contribution < 1.29 is 5.11 Å². The molecule has 0 spiro atoms. The van der Waals surface area contributed by atoms with Crippen LogP contribution in [-0.4, -0.2) is 61.8 Å². The number of rotatable bonds is 8. The normalized spacial score (nSPS) is 11.2. The monoisotopic (exact) mass is 186 g/mol. The molecule has 0 aliphatic heterocycles. The van der Waals surface area contributed by atoms with Gasteiger partial charge >= 0.3 is 0 Å². The van der Waals surface area contributed by atoms with Gasteiger partial charge in [-0.15, -0.1) is 6.58 Å². The predicted molar refractivity (Wildman–Crippen MR) is 56.9 cm³/mol. The lowest BCUT2D eigenvalue weighted by Gasteiger charge is -2.20. The highest BCUT2D eigenvalue weighted by molar-refractivity contribution is 4.73. The maximum atomic E-state index is 8.79. The van der Waals surface area contributed by atoms with Crippen molar-refractivity contribution in [2.24, 2.45) is 0 Å². The molecule has 0 fully saturated rings. The van der Waals surface area contributed by atoms with Gasteiger partial charge in [0.15, 0.2) is 0 Å². The van der Waals surface area contributed by atoms with Crippen LogP contribution in [0.15, 0.2) is 12.7 Å². The zero-order valence-electron chi connectivity index (χ0n) is 8.87. The van der Waals surface area contributed by atoms with Crippen LogP contribution in [0.1, 0.15) is 6.42 Å². The maximum Gasteiger partial charge on any atom is 0.0558 e. The van der Waals surface area contributed by atoms with Gasteiger partial charge in [-0.3, -0.25) is 4.90 Å². The number of aliphatic hydroxyl groups is 1. The third-order valence-electron chi connectivity index (χ3n) is 1.88. The minimum absolute atomic E-state index is 0.232. The van der Waals surface area contributed by atoms with E-state index in [2.05, 4.69) is 30.5 Å². The molecule has 3 heteroatoms. The molecule has 0 aliphatic rings. The highest BCUT2D eigenvalue weighted by Crippen LogP contribution is 1.92. The van der Waals surface area contributed by atoms with Crippen molar-refractivity contribution in [2.45, 2.75) is 6.42 Å². The molecule has 0 aliphatic carbocycles. The molecule has 0 aromatic heterocycles. The summed E-state index contributed by atoms with van der Waals surface area (Å²) in [5.74, 6) is 0. The first-order valence-electron chi connectivity index (χ1n) is 4.79. The van der Waals surface area contributed by atoms with Gasteiger partial charge in [0.1, 0.15) is 0 Å². The fourth-order valence-electron chi connectivity index (χ4n) is 1.23. The van der Waals surface area contributed by atoms with Gasteiger partial charge in [-0.25, -0.2) is 0 Å². The van der Waals surface area contributed by atoms with Crippen LogP contribution < -0.4 is 0 Å². The molecule has 0 rings (SSSR count). The highest BCUT2D eigenvalue weighted by atomic mass is 16.3. The molecule has 0 bridgehead atoms. The number of nitrogens with zero attached hydrogens (tertiary/aromatic N) is 2. The van der Waals surface area contributed by atoms with E-state index in [1.54, 1.807) is 0 Å². The Hall–Kier alpha value is -0.380. The maximum absolute atomic E-state index is 8.79. The summed E-state index contributed by atoms with van der Waals surface area (Å²) in [4.78, 5) is 4.38. The highest BCUT2D eigenvalue weighted by Gasteiger charge is 2.01. The summed E-state index contributed by atoms with van der Waals surface area (Å²) in [6.07, 6.45) is 3.02. The van der Waals surface area contributed by atoms with Crippen molar-refractivity contribution in [3.63, 3.8) is 0 Å². The van der Waals surface area contributed by atoms with Crippen LogP contribution in [-0.2, 0) is 0 Å². The van der Waals surface area contributed by atoms with E-state index in [0.29, 0.717) is 0 Å². The molecule has 78 valence electrons. The van der Waals surface area contributed by atoms with E-state index >= 15 is 0 Å². The second-order valence-corrected chi connectivity index (χ2v) is 3.47. The Morgan fingerprint density at radius 1 is 1.23 bits per heavy atom. The zero-order chi connectivity index (χ0) is 10.1. The molecule has 0 saturated heterocycles. The summed E-state index contributed by atoms with van der Waals surface area (Å²) >= 11 is 0. The van der Waals surface area contributed by atoms with Crippen molar-refractivity contribution >= 4 is 0 Å². The lowest BCUT2D eigenvalue weighted by molar-refractivity contribution is 0.202. The lowest BCUT2D eigenvalue weighted by Crippen LogP contribution is -2.30. The van der Waals surface area contributed by atoms with Gasteiger partial charge in [0.2, 0.25) is 0 Å². The van der Waals surface area contributed by atoms with Crippen molar-refractivity contribution in [2.75, 3.05) is 46.9 Å². The van der Waals surface area contributed by atoms with Crippen molar-refractivity contribution in [3.8, 4) is 0 Å². The number of hydrogen-bond donors (Lipinski definition) is 1. The van der Waals surface area contributed by atoms with E-state index in [0.717, 1.165) is 32.6 Å². The van der Waals surface area contributed by atoms with Gasteiger partial charge < -0.3 is 10.0 Å². The van der Waals surface area contributed by atoms with Crippen LogP contribution in [0.5, 0.6) is 0 Å². The molecule has 0 saturated carbocycles. The molecule has 1 N–H and O–H groups in total. The Bertz CT molecular complexity index is 126. The van der Waals surface area contributed by atoms with Gasteiger partial charge in [-0.1, -0.05) is 6.08 Å². The Balaban J connectivity index is 3.49. The van der Waals surface area contributed by atoms with Crippen LogP contribution in [0.3, 0.4) is 0 Å². The van der Waals surface area contributed by atoms with Crippen LogP contribution >= 0.6 is 0 Å². The summed E-state index contributed by atoms with van der Waals surface area (Å²) in [6.45, 7) is 7.67. The zero-order valence-corrected chi connectivity index (χ0v) is 8.87. The second kappa shape index (κ2) is 8.23. The minimum Gasteiger partial charge on any atom is -0.395 e. The third-order valence-corrected chi connectivity index (χ3v) is 1.88. The standard InChI is InChI=1S/C10H22N2O/c1-4-6-12(9-10-13)8-5-7-11(2)3/h4,13H,1,5-10H2,2-3H3. The summed E-state index contributed by atoms with van der Waals surface area (Å²) in [6, 6.07) is 0. The Kier molecular flexibility index (Phi) is 7.99.